The summed E-state index contributed by atoms with van der Waals surface area (Å²) in [5.41, 5.74) is -0.638. The molecule has 16 heavy (non-hydrogen) atoms. The molecule has 1 fully saturated rings. The van der Waals surface area contributed by atoms with Gasteiger partial charge in [0.05, 0.1) is 12.6 Å². The first-order chi connectivity index (χ1) is 7.07. The number of aromatic nitrogens is 2. The molecular weight excluding hydrogens is 247 g/mol. The largest absolute Gasteiger partial charge is 1.00 e. The molecule has 0 radical (unpaired) electrons. The average molecular weight is 258 g/mol. The minimum absolute atomic E-state index is 0. The number of hydrogen-bond acceptors (Lipinski definition) is 2. The molecule has 0 aromatic carbocycles. The average Bonchev–Trinajstić information content (AvgIpc) is 2.67. The monoisotopic (exact) mass is 258 g/mol. The number of rotatable bonds is 2. The molecule has 1 saturated heterocycles. The molecule has 0 aliphatic carbocycles. The van der Waals surface area contributed by atoms with E-state index in [0.29, 0.717) is 13.2 Å². The fraction of sp³-hybridized carbons (Fsp3) is 0.625. The summed E-state index contributed by atoms with van der Waals surface area (Å²) in [6, 6.07) is -0.0503. The summed E-state index contributed by atoms with van der Waals surface area (Å²) in [7, 11) is 0. The predicted octanol–water partition coefficient (Wildman–Crippen LogP) is -1.71. The van der Waals surface area contributed by atoms with Crippen molar-refractivity contribution in [2.45, 2.75) is 18.9 Å². The van der Waals surface area contributed by atoms with Crippen molar-refractivity contribution in [2.75, 3.05) is 13.2 Å². The van der Waals surface area contributed by atoms with E-state index in [9.17, 15) is 12.9 Å². The molecule has 1 aliphatic heterocycles. The molecule has 84 valence electrons. The van der Waals surface area contributed by atoms with Crippen LogP contribution in [0.4, 0.5) is 12.9 Å². The molecular formula is C8H11BF3KN2O. The SMILES string of the molecule is F[B-](F)(F)c1cnn(C2CCCOC2)c1.[K+]. The molecule has 8 heteroatoms. The van der Waals surface area contributed by atoms with Crippen molar-refractivity contribution in [3.8, 4) is 0 Å². The van der Waals surface area contributed by atoms with Gasteiger partial charge in [-0.15, -0.1) is 0 Å². The van der Waals surface area contributed by atoms with E-state index in [0.717, 1.165) is 25.2 Å². The molecule has 2 heterocycles. The molecule has 0 bridgehead atoms. The van der Waals surface area contributed by atoms with E-state index >= 15 is 0 Å². The van der Waals surface area contributed by atoms with Gasteiger partial charge in [0.15, 0.2) is 0 Å². The molecule has 0 amide bonds. The van der Waals surface area contributed by atoms with Crippen molar-refractivity contribution >= 4 is 12.4 Å². The fourth-order valence-corrected chi connectivity index (χ4v) is 1.65. The summed E-state index contributed by atoms with van der Waals surface area (Å²) in [4.78, 5) is 0. The molecule has 1 aromatic heterocycles. The Labute approximate surface area is 134 Å². The molecule has 1 unspecified atom stereocenters. The van der Waals surface area contributed by atoms with Crippen molar-refractivity contribution < 1.29 is 69.1 Å². The van der Waals surface area contributed by atoms with Crippen molar-refractivity contribution in [1.29, 1.82) is 0 Å². The van der Waals surface area contributed by atoms with Gasteiger partial charge in [-0.05, 0) is 19.0 Å². The van der Waals surface area contributed by atoms with Gasteiger partial charge in [-0.25, -0.2) is 0 Å². The Bertz CT molecular complexity index is 338. The quantitative estimate of drug-likeness (QED) is 0.591. The van der Waals surface area contributed by atoms with Gasteiger partial charge in [-0.1, -0.05) is 5.46 Å². The summed E-state index contributed by atoms with van der Waals surface area (Å²) in [6.07, 6.45) is 3.65. The molecule has 2 rings (SSSR count). The third-order valence-electron chi connectivity index (χ3n) is 2.51. The summed E-state index contributed by atoms with van der Waals surface area (Å²) in [5, 5.41) is 3.74. The second kappa shape index (κ2) is 6.01. The van der Waals surface area contributed by atoms with Gasteiger partial charge in [0.25, 0.3) is 0 Å². The summed E-state index contributed by atoms with van der Waals surface area (Å²) in [6.45, 7) is -3.80. The van der Waals surface area contributed by atoms with Crippen LogP contribution in [0, 0.1) is 0 Å². The Morgan fingerprint density at radius 2 is 2.19 bits per heavy atom. The van der Waals surface area contributed by atoms with E-state index in [-0.39, 0.29) is 57.4 Å². The van der Waals surface area contributed by atoms with Crippen molar-refractivity contribution in [3.05, 3.63) is 12.4 Å². The maximum absolute atomic E-state index is 12.3. The Balaban J connectivity index is 0.00000128. The van der Waals surface area contributed by atoms with E-state index < -0.39 is 12.4 Å². The van der Waals surface area contributed by atoms with Gasteiger partial charge in [0.1, 0.15) is 0 Å². The zero-order valence-corrected chi connectivity index (χ0v) is 12.2. The molecule has 0 spiro atoms. The Kier molecular flexibility index (Phi) is 5.53. The van der Waals surface area contributed by atoms with Crippen LogP contribution in [0.5, 0.6) is 0 Å². The van der Waals surface area contributed by atoms with Crippen LogP contribution in [0.2, 0.25) is 0 Å². The zero-order chi connectivity index (χ0) is 10.9. The van der Waals surface area contributed by atoms with Crippen LogP contribution in [0.15, 0.2) is 12.4 Å². The normalized spacial score (nSPS) is 21.6. The maximum Gasteiger partial charge on any atom is 1.00 e. The first-order valence-corrected chi connectivity index (χ1v) is 4.89. The van der Waals surface area contributed by atoms with Crippen LogP contribution in [0.25, 0.3) is 0 Å². The molecule has 1 atom stereocenters. The summed E-state index contributed by atoms with van der Waals surface area (Å²) >= 11 is 0. The van der Waals surface area contributed by atoms with Crippen LogP contribution >= 0.6 is 0 Å². The molecule has 0 N–H and O–H groups in total. The van der Waals surface area contributed by atoms with Gasteiger partial charge in [-0.3, -0.25) is 4.68 Å². The standard InChI is InChI=1S/C8H11BF3N2O.K/c10-9(11,12)7-4-13-14(5-7)8-2-1-3-15-6-8;/h4-5,8H,1-3,6H2;/q-1;+1. The molecule has 0 saturated carbocycles. The third kappa shape index (κ3) is 3.58. The van der Waals surface area contributed by atoms with Gasteiger partial charge in [0.2, 0.25) is 0 Å². The Hall–Kier alpha value is 0.661. The van der Waals surface area contributed by atoms with Gasteiger partial charge in [0, 0.05) is 12.8 Å². The maximum atomic E-state index is 12.3. The number of halogens is 3. The molecule has 1 aromatic rings. The summed E-state index contributed by atoms with van der Waals surface area (Å²) < 4.78 is 43.6. The van der Waals surface area contributed by atoms with Gasteiger partial charge < -0.3 is 17.7 Å². The number of nitrogens with zero attached hydrogens (tertiary/aromatic N) is 2. The Morgan fingerprint density at radius 1 is 1.44 bits per heavy atom. The van der Waals surface area contributed by atoms with E-state index in [2.05, 4.69) is 5.10 Å². The van der Waals surface area contributed by atoms with E-state index in [1.807, 2.05) is 0 Å². The summed E-state index contributed by atoms with van der Waals surface area (Å²) in [5.74, 6) is 0. The minimum Gasteiger partial charge on any atom is -0.445 e. The smallest absolute Gasteiger partial charge is 0.445 e. The minimum atomic E-state index is -4.94. The fourth-order valence-electron chi connectivity index (χ4n) is 1.65. The first kappa shape index (κ1) is 14.7. The predicted molar refractivity (Wildman–Crippen MR) is 50.0 cm³/mol. The molecule has 1 aliphatic rings. The second-order valence-corrected chi connectivity index (χ2v) is 3.70. The van der Waals surface area contributed by atoms with Crippen molar-refractivity contribution in [1.82, 2.24) is 9.78 Å². The van der Waals surface area contributed by atoms with E-state index in [4.69, 9.17) is 4.74 Å². The zero-order valence-electron chi connectivity index (χ0n) is 9.07. The number of ether oxygens (including phenoxy) is 1. The van der Waals surface area contributed by atoms with Crippen LogP contribution in [-0.4, -0.2) is 30.0 Å². The first-order valence-electron chi connectivity index (χ1n) is 4.89. The van der Waals surface area contributed by atoms with Crippen LogP contribution < -0.4 is 56.8 Å². The van der Waals surface area contributed by atoms with Crippen LogP contribution in [0.1, 0.15) is 18.9 Å². The number of hydrogen-bond donors (Lipinski definition) is 0. The van der Waals surface area contributed by atoms with E-state index in [1.165, 1.54) is 4.68 Å². The Morgan fingerprint density at radius 3 is 2.69 bits per heavy atom. The third-order valence-corrected chi connectivity index (χ3v) is 2.51. The van der Waals surface area contributed by atoms with Gasteiger partial charge in [-0.2, -0.15) is 5.10 Å². The van der Waals surface area contributed by atoms with Crippen LogP contribution in [-0.2, 0) is 4.74 Å². The van der Waals surface area contributed by atoms with Crippen molar-refractivity contribution in [2.24, 2.45) is 0 Å². The van der Waals surface area contributed by atoms with Gasteiger partial charge >= 0.3 is 58.4 Å². The second-order valence-electron chi connectivity index (χ2n) is 3.70. The van der Waals surface area contributed by atoms with Crippen molar-refractivity contribution in [3.63, 3.8) is 0 Å². The topological polar surface area (TPSA) is 27.1 Å². The van der Waals surface area contributed by atoms with E-state index in [1.54, 1.807) is 0 Å². The molecule has 3 nitrogen and oxygen atoms in total. The van der Waals surface area contributed by atoms with Crippen LogP contribution in [0.3, 0.4) is 0 Å².